The molecule has 0 aliphatic heterocycles. The van der Waals surface area contributed by atoms with E-state index >= 15 is 0 Å². The van der Waals surface area contributed by atoms with Gasteiger partial charge < -0.3 is 14.8 Å². The Labute approximate surface area is 163 Å². The molecular formula is C19H22N2O6S. The number of nitrogens with one attached hydrogen (secondary N) is 1. The van der Waals surface area contributed by atoms with E-state index in [4.69, 9.17) is 14.6 Å². The monoisotopic (exact) mass is 406 g/mol. The number of ether oxygens (including phenoxy) is 2. The van der Waals surface area contributed by atoms with Crippen LogP contribution in [0.15, 0.2) is 53.4 Å². The Hall–Kier alpha value is -2.91. The number of hydrogen-bond donors (Lipinski definition) is 2. The van der Waals surface area contributed by atoms with Crippen LogP contribution < -0.4 is 15.2 Å². The highest BCUT2D eigenvalue weighted by Gasteiger charge is 2.18. The molecule has 8 nitrogen and oxygen atoms in total. The predicted octanol–water partition coefficient (Wildman–Crippen LogP) is 1.98. The topological polar surface area (TPSA) is 125 Å². The number of aryl methyl sites for hydroxylation is 1. The molecule has 0 spiro atoms. The number of carbonyl (C=O) groups is 2. The Balaban J connectivity index is 1.82. The molecule has 0 unspecified atom stereocenters. The van der Waals surface area contributed by atoms with Crippen molar-refractivity contribution >= 4 is 27.6 Å². The Morgan fingerprint density at radius 3 is 2.54 bits per heavy atom. The van der Waals surface area contributed by atoms with Crippen molar-refractivity contribution in [3.05, 3.63) is 54.1 Å². The fourth-order valence-corrected chi connectivity index (χ4v) is 2.82. The molecule has 2 aromatic carbocycles. The van der Waals surface area contributed by atoms with Crippen LogP contribution in [0.3, 0.4) is 0 Å². The predicted molar refractivity (Wildman–Crippen MR) is 103 cm³/mol. The van der Waals surface area contributed by atoms with E-state index in [1.54, 1.807) is 6.07 Å². The first-order valence-electron chi connectivity index (χ1n) is 8.48. The largest absolute Gasteiger partial charge is 0.493 e. The van der Waals surface area contributed by atoms with Crippen molar-refractivity contribution < 1.29 is 27.5 Å². The van der Waals surface area contributed by atoms with E-state index < -0.39 is 28.0 Å². The molecule has 2 aromatic rings. The SMILES string of the molecule is Cc1cccc(OCCC(=O)O[C@@H](C)C(=O)Nc2cccc(S(N)(=O)=O)c2)c1. The molecule has 1 atom stereocenters. The lowest BCUT2D eigenvalue weighted by molar-refractivity contribution is -0.153. The number of rotatable bonds is 8. The van der Waals surface area contributed by atoms with Crippen molar-refractivity contribution in [2.45, 2.75) is 31.3 Å². The number of benzene rings is 2. The lowest BCUT2D eigenvalue weighted by Gasteiger charge is -2.14. The maximum absolute atomic E-state index is 12.1. The zero-order valence-electron chi connectivity index (χ0n) is 15.5. The minimum absolute atomic E-state index is 0.0214. The zero-order chi connectivity index (χ0) is 20.7. The van der Waals surface area contributed by atoms with E-state index in [2.05, 4.69) is 5.32 Å². The van der Waals surface area contributed by atoms with Crippen LogP contribution in [0.25, 0.3) is 0 Å². The van der Waals surface area contributed by atoms with E-state index in [0.29, 0.717) is 5.75 Å². The van der Waals surface area contributed by atoms with Gasteiger partial charge in [0.15, 0.2) is 6.10 Å². The summed E-state index contributed by atoms with van der Waals surface area (Å²) in [6.07, 6.45) is -1.09. The molecule has 0 saturated heterocycles. The molecule has 0 radical (unpaired) electrons. The van der Waals surface area contributed by atoms with Gasteiger partial charge >= 0.3 is 5.97 Å². The molecule has 0 aliphatic rings. The number of anilines is 1. The third-order valence-electron chi connectivity index (χ3n) is 3.67. The summed E-state index contributed by atoms with van der Waals surface area (Å²) in [5.41, 5.74) is 1.26. The number of esters is 1. The van der Waals surface area contributed by atoms with Crippen molar-refractivity contribution in [3.8, 4) is 5.75 Å². The third kappa shape index (κ3) is 6.67. The average Bonchev–Trinajstić information content (AvgIpc) is 2.61. The van der Waals surface area contributed by atoms with Crippen LogP contribution in [-0.4, -0.2) is 33.0 Å². The number of amides is 1. The molecule has 0 heterocycles. The lowest BCUT2D eigenvalue weighted by atomic mass is 10.2. The maximum Gasteiger partial charge on any atom is 0.310 e. The molecule has 9 heteroatoms. The molecule has 0 bridgehead atoms. The second-order valence-electron chi connectivity index (χ2n) is 6.11. The molecule has 150 valence electrons. The molecule has 0 aromatic heterocycles. The van der Waals surface area contributed by atoms with Crippen LogP contribution in [0.4, 0.5) is 5.69 Å². The van der Waals surface area contributed by atoms with Gasteiger partial charge in [0.1, 0.15) is 5.75 Å². The van der Waals surface area contributed by atoms with Gasteiger partial charge in [-0.3, -0.25) is 9.59 Å². The summed E-state index contributed by atoms with van der Waals surface area (Å²) in [6, 6.07) is 12.9. The molecule has 0 aliphatic carbocycles. The molecule has 1 amide bonds. The second kappa shape index (κ2) is 9.34. The number of nitrogens with two attached hydrogens (primary N) is 1. The number of carbonyl (C=O) groups excluding carboxylic acids is 2. The van der Waals surface area contributed by atoms with Crippen molar-refractivity contribution in [1.82, 2.24) is 0 Å². The van der Waals surface area contributed by atoms with Crippen molar-refractivity contribution in [2.75, 3.05) is 11.9 Å². The van der Waals surface area contributed by atoms with Crippen LogP contribution in [0, 0.1) is 6.92 Å². The van der Waals surface area contributed by atoms with Gasteiger partial charge in [0, 0.05) is 5.69 Å². The van der Waals surface area contributed by atoms with Gasteiger partial charge in [-0.05, 0) is 49.7 Å². The van der Waals surface area contributed by atoms with Crippen LogP contribution in [0.1, 0.15) is 18.9 Å². The standard InChI is InChI=1S/C19H22N2O6S/c1-13-5-3-7-16(11-13)26-10-9-18(22)27-14(2)19(23)21-15-6-4-8-17(12-15)28(20,24)25/h3-8,11-12,14H,9-10H2,1-2H3,(H,21,23)(H2,20,24,25)/t14-/m0/s1. The Morgan fingerprint density at radius 2 is 1.86 bits per heavy atom. The minimum atomic E-state index is -3.89. The van der Waals surface area contributed by atoms with Crippen LogP contribution in [-0.2, 0) is 24.3 Å². The van der Waals surface area contributed by atoms with Crippen LogP contribution in [0.5, 0.6) is 5.75 Å². The van der Waals surface area contributed by atoms with Gasteiger partial charge in [0.05, 0.1) is 17.9 Å². The normalized spacial score (nSPS) is 12.1. The zero-order valence-corrected chi connectivity index (χ0v) is 16.4. The van der Waals surface area contributed by atoms with Gasteiger partial charge in [-0.2, -0.15) is 0 Å². The summed E-state index contributed by atoms with van der Waals surface area (Å²) in [7, 11) is -3.89. The van der Waals surface area contributed by atoms with E-state index in [1.165, 1.54) is 31.2 Å². The fraction of sp³-hybridized carbons (Fsp3) is 0.263. The van der Waals surface area contributed by atoms with Crippen molar-refractivity contribution in [2.24, 2.45) is 5.14 Å². The molecule has 0 fully saturated rings. The molecule has 2 rings (SSSR count). The quantitative estimate of drug-likeness (QED) is 0.646. The Kier molecular flexibility index (Phi) is 7.13. The number of sulfonamides is 1. The Bertz CT molecular complexity index is 958. The first-order chi connectivity index (χ1) is 13.1. The summed E-state index contributed by atoms with van der Waals surface area (Å²) in [4.78, 5) is 23.9. The average molecular weight is 406 g/mol. The number of primary sulfonamides is 1. The van der Waals surface area contributed by atoms with E-state index in [1.807, 2.05) is 25.1 Å². The minimum Gasteiger partial charge on any atom is -0.493 e. The molecule has 0 saturated carbocycles. The molecule has 28 heavy (non-hydrogen) atoms. The molecule has 3 N–H and O–H groups in total. The van der Waals surface area contributed by atoms with E-state index in [-0.39, 0.29) is 23.6 Å². The second-order valence-corrected chi connectivity index (χ2v) is 7.67. The summed E-state index contributed by atoms with van der Waals surface area (Å²) >= 11 is 0. The van der Waals surface area contributed by atoms with Crippen LogP contribution >= 0.6 is 0 Å². The van der Waals surface area contributed by atoms with Gasteiger partial charge in [0.2, 0.25) is 10.0 Å². The van der Waals surface area contributed by atoms with Gasteiger partial charge in [-0.25, -0.2) is 13.6 Å². The van der Waals surface area contributed by atoms with E-state index in [0.717, 1.165) is 5.56 Å². The number of hydrogen-bond acceptors (Lipinski definition) is 6. The highest BCUT2D eigenvalue weighted by atomic mass is 32.2. The van der Waals surface area contributed by atoms with Gasteiger partial charge in [-0.1, -0.05) is 18.2 Å². The van der Waals surface area contributed by atoms with Gasteiger partial charge in [0.25, 0.3) is 5.91 Å². The maximum atomic E-state index is 12.1. The van der Waals surface area contributed by atoms with Crippen molar-refractivity contribution in [1.29, 1.82) is 0 Å². The lowest BCUT2D eigenvalue weighted by Crippen LogP contribution is -2.30. The van der Waals surface area contributed by atoms with E-state index in [9.17, 15) is 18.0 Å². The summed E-state index contributed by atoms with van der Waals surface area (Å²) in [6.45, 7) is 3.46. The highest BCUT2D eigenvalue weighted by Crippen LogP contribution is 2.15. The third-order valence-corrected chi connectivity index (χ3v) is 4.58. The smallest absolute Gasteiger partial charge is 0.310 e. The van der Waals surface area contributed by atoms with Crippen LogP contribution in [0.2, 0.25) is 0 Å². The summed E-state index contributed by atoms with van der Waals surface area (Å²) in [5.74, 6) is -0.540. The highest BCUT2D eigenvalue weighted by molar-refractivity contribution is 7.89. The van der Waals surface area contributed by atoms with Gasteiger partial charge in [-0.15, -0.1) is 0 Å². The first-order valence-corrected chi connectivity index (χ1v) is 10.0. The fourth-order valence-electron chi connectivity index (χ4n) is 2.26. The molecular weight excluding hydrogens is 384 g/mol. The Morgan fingerprint density at radius 1 is 1.14 bits per heavy atom. The van der Waals surface area contributed by atoms with Crippen molar-refractivity contribution in [3.63, 3.8) is 0 Å². The summed E-state index contributed by atoms with van der Waals surface area (Å²) < 4.78 is 33.3. The summed E-state index contributed by atoms with van der Waals surface area (Å²) in [5, 5.41) is 7.54. The first kappa shape index (κ1) is 21.4.